The van der Waals surface area contributed by atoms with Gasteiger partial charge in [0.05, 0.1) is 9.79 Å². The molecule has 120 valence electrons. The second-order valence-electron chi connectivity index (χ2n) is 5.79. The van der Waals surface area contributed by atoms with Crippen LogP contribution in [0.5, 0.6) is 0 Å². The van der Waals surface area contributed by atoms with Crippen molar-refractivity contribution in [1.82, 2.24) is 0 Å². The van der Waals surface area contributed by atoms with Crippen LogP contribution in [-0.4, -0.2) is 14.3 Å². The van der Waals surface area contributed by atoms with Gasteiger partial charge in [0.2, 0.25) is 15.7 Å². The quantitative estimate of drug-likeness (QED) is 0.856. The van der Waals surface area contributed by atoms with Crippen molar-refractivity contribution in [2.24, 2.45) is 11.8 Å². The number of carbonyl (C=O) groups excluding carboxylic acids is 1. The topological polar surface area (TPSA) is 63.2 Å². The van der Waals surface area contributed by atoms with Crippen molar-refractivity contribution in [2.45, 2.75) is 23.1 Å². The van der Waals surface area contributed by atoms with Crippen molar-refractivity contribution in [2.75, 3.05) is 5.32 Å². The van der Waals surface area contributed by atoms with Crippen LogP contribution >= 0.6 is 15.9 Å². The Labute approximate surface area is 144 Å². The van der Waals surface area contributed by atoms with E-state index >= 15 is 0 Å². The largest absolute Gasteiger partial charge is 0.326 e. The number of sulfone groups is 1. The minimum absolute atomic E-state index is 0.000941. The van der Waals surface area contributed by atoms with E-state index in [1.54, 1.807) is 36.4 Å². The van der Waals surface area contributed by atoms with E-state index in [1.165, 1.54) is 12.1 Å². The van der Waals surface area contributed by atoms with E-state index in [0.717, 1.165) is 10.9 Å². The molecule has 2 aromatic rings. The number of benzene rings is 2. The Hall–Kier alpha value is -1.66. The third-order valence-electron chi connectivity index (χ3n) is 4.00. The van der Waals surface area contributed by atoms with E-state index in [1.807, 2.05) is 6.92 Å². The molecule has 0 bridgehead atoms. The Morgan fingerprint density at radius 2 is 1.52 bits per heavy atom. The van der Waals surface area contributed by atoms with Gasteiger partial charge in [0.15, 0.2) is 0 Å². The normalized spacial score (nSPS) is 20.1. The third-order valence-corrected chi connectivity index (χ3v) is 6.32. The van der Waals surface area contributed by atoms with Gasteiger partial charge in [-0.15, -0.1) is 0 Å². The number of anilines is 1. The average Bonchev–Trinajstić information content (AvgIpc) is 3.25. The van der Waals surface area contributed by atoms with Crippen molar-refractivity contribution in [1.29, 1.82) is 0 Å². The number of carbonyl (C=O) groups is 1. The number of hydrogen-bond acceptors (Lipinski definition) is 3. The lowest BCUT2D eigenvalue weighted by Gasteiger charge is -2.07. The minimum atomic E-state index is -3.55. The molecule has 0 aliphatic heterocycles. The predicted octanol–water partition coefficient (Wildman–Crippen LogP) is 3.88. The van der Waals surface area contributed by atoms with Gasteiger partial charge in [-0.2, -0.15) is 0 Å². The fourth-order valence-corrected chi connectivity index (χ4v) is 3.91. The molecule has 1 N–H and O–H groups in total. The van der Waals surface area contributed by atoms with Crippen molar-refractivity contribution < 1.29 is 13.2 Å². The van der Waals surface area contributed by atoms with Gasteiger partial charge in [0.25, 0.3) is 0 Å². The molecule has 23 heavy (non-hydrogen) atoms. The number of halogens is 1. The highest BCUT2D eigenvalue weighted by atomic mass is 79.9. The summed E-state index contributed by atoms with van der Waals surface area (Å²) in [6, 6.07) is 12.8. The Bertz CT molecular complexity index is 829. The van der Waals surface area contributed by atoms with Gasteiger partial charge < -0.3 is 5.32 Å². The maximum Gasteiger partial charge on any atom is 0.227 e. The highest BCUT2D eigenvalue weighted by Gasteiger charge is 2.39. The summed E-state index contributed by atoms with van der Waals surface area (Å²) in [7, 11) is -3.55. The van der Waals surface area contributed by atoms with Crippen LogP contribution in [0.15, 0.2) is 62.8 Å². The summed E-state index contributed by atoms with van der Waals surface area (Å²) in [6.45, 7) is 2.04. The summed E-state index contributed by atoms with van der Waals surface area (Å²) < 4.78 is 25.9. The SMILES string of the molecule is CC1CC1C(=O)Nc1ccc(S(=O)(=O)c2ccc(Br)cc2)cc1. The number of nitrogens with one attached hydrogen (secondary N) is 1. The Balaban J connectivity index is 1.78. The molecule has 1 saturated carbocycles. The lowest BCUT2D eigenvalue weighted by Crippen LogP contribution is -2.14. The fraction of sp³-hybridized carbons (Fsp3) is 0.235. The molecular weight excluding hydrogens is 378 g/mol. The van der Waals surface area contributed by atoms with E-state index in [4.69, 9.17) is 0 Å². The van der Waals surface area contributed by atoms with Crippen LogP contribution in [0.3, 0.4) is 0 Å². The first-order chi connectivity index (χ1) is 10.9. The summed E-state index contributed by atoms with van der Waals surface area (Å²) in [4.78, 5) is 12.3. The Kier molecular flexibility index (Phi) is 4.29. The maximum atomic E-state index is 12.5. The van der Waals surface area contributed by atoms with Gasteiger partial charge in [0.1, 0.15) is 0 Å². The smallest absolute Gasteiger partial charge is 0.227 e. The van der Waals surface area contributed by atoms with Crippen molar-refractivity contribution >= 4 is 37.4 Å². The molecule has 1 aliphatic rings. The molecule has 0 aromatic heterocycles. The Morgan fingerprint density at radius 1 is 1.04 bits per heavy atom. The molecule has 0 radical (unpaired) electrons. The highest BCUT2D eigenvalue weighted by Crippen LogP contribution is 2.38. The van der Waals surface area contributed by atoms with Crippen molar-refractivity contribution in [3.05, 3.63) is 53.0 Å². The molecule has 6 heteroatoms. The molecule has 0 saturated heterocycles. The molecule has 2 unspecified atom stereocenters. The molecule has 2 aromatic carbocycles. The van der Waals surface area contributed by atoms with E-state index in [-0.39, 0.29) is 21.6 Å². The molecule has 2 atom stereocenters. The Morgan fingerprint density at radius 3 is 2.00 bits per heavy atom. The summed E-state index contributed by atoms with van der Waals surface area (Å²) in [5, 5.41) is 2.82. The molecule has 1 aliphatic carbocycles. The van der Waals surface area contributed by atoms with Crippen LogP contribution in [0.2, 0.25) is 0 Å². The molecule has 0 spiro atoms. The molecule has 0 heterocycles. The molecule has 1 fully saturated rings. The minimum Gasteiger partial charge on any atom is -0.326 e. The number of hydrogen-bond donors (Lipinski definition) is 1. The number of rotatable bonds is 4. The van der Waals surface area contributed by atoms with Crippen LogP contribution in [0.1, 0.15) is 13.3 Å². The van der Waals surface area contributed by atoms with E-state index < -0.39 is 9.84 Å². The van der Waals surface area contributed by atoms with Gasteiger partial charge in [0, 0.05) is 16.1 Å². The van der Waals surface area contributed by atoms with Gasteiger partial charge >= 0.3 is 0 Å². The molecular formula is C17H16BrNO3S. The van der Waals surface area contributed by atoms with E-state index in [0.29, 0.717) is 11.6 Å². The lowest BCUT2D eigenvalue weighted by atomic mass is 10.3. The van der Waals surface area contributed by atoms with Crippen LogP contribution in [0, 0.1) is 11.8 Å². The van der Waals surface area contributed by atoms with Gasteiger partial charge in [-0.05, 0) is 60.9 Å². The third kappa shape index (κ3) is 3.48. The standard InChI is InChI=1S/C17H16BrNO3S/c1-11-10-16(11)17(20)19-13-4-8-15(9-5-13)23(21,22)14-6-2-12(18)3-7-14/h2-9,11,16H,10H2,1H3,(H,19,20). The van der Waals surface area contributed by atoms with E-state index in [9.17, 15) is 13.2 Å². The van der Waals surface area contributed by atoms with Crippen LogP contribution in [-0.2, 0) is 14.6 Å². The van der Waals surface area contributed by atoms with Crippen molar-refractivity contribution in [3.8, 4) is 0 Å². The first-order valence-electron chi connectivity index (χ1n) is 7.29. The van der Waals surface area contributed by atoms with Crippen LogP contribution < -0.4 is 5.32 Å². The maximum absolute atomic E-state index is 12.5. The summed E-state index contributed by atoms with van der Waals surface area (Å²) in [5.74, 6) is 0.522. The zero-order chi connectivity index (χ0) is 16.6. The van der Waals surface area contributed by atoms with Crippen LogP contribution in [0.4, 0.5) is 5.69 Å². The second kappa shape index (κ2) is 6.09. The van der Waals surface area contributed by atoms with Crippen LogP contribution in [0.25, 0.3) is 0 Å². The lowest BCUT2D eigenvalue weighted by molar-refractivity contribution is -0.117. The van der Waals surface area contributed by atoms with Gasteiger partial charge in [-0.25, -0.2) is 8.42 Å². The molecule has 1 amide bonds. The van der Waals surface area contributed by atoms with Gasteiger partial charge in [-0.1, -0.05) is 22.9 Å². The molecule has 3 rings (SSSR count). The summed E-state index contributed by atoms with van der Waals surface area (Å²) in [6.07, 6.45) is 0.919. The summed E-state index contributed by atoms with van der Waals surface area (Å²) in [5.41, 5.74) is 0.615. The molecule has 4 nitrogen and oxygen atoms in total. The predicted molar refractivity (Wildman–Crippen MR) is 91.9 cm³/mol. The highest BCUT2D eigenvalue weighted by molar-refractivity contribution is 9.10. The van der Waals surface area contributed by atoms with Crippen molar-refractivity contribution in [3.63, 3.8) is 0 Å². The zero-order valence-corrected chi connectivity index (χ0v) is 14.9. The summed E-state index contributed by atoms with van der Waals surface area (Å²) >= 11 is 3.29. The van der Waals surface area contributed by atoms with E-state index in [2.05, 4.69) is 21.2 Å². The fourth-order valence-electron chi connectivity index (χ4n) is 2.39. The number of amides is 1. The average molecular weight is 394 g/mol. The zero-order valence-electron chi connectivity index (χ0n) is 12.5. The first-order valence-corrected chi connectivity index (χ1v) is 9.57. The monoisotopic (exact) mass is 393 g/mol. The van der Waals surface area contributed by atoms with Gasteiger partial charge in [-0.3, -0.25) is 4.79 Å². The second-order valence-corrected chi connectivity index (χ2v) is 8.66. The first kappa shape index (κ1) is 16.2.